The molecule has 4 nitrogen and oxygen atoms in total. The van der Waals surface area contributed by atoms with E-state index in [0.717, 1.165) is 5.56 Å². The highest BCUT2D eigenvalue weighted by Crippen LogP contribution is 2.15. The van der Waals surface area contributed by atoms with Crippen molar-refractivity contribution in [1.82, 2.24) is 9.78 Å². The van der Waals surface area contributed by atoms with Gasteiger partial charge in [0.25, 0.3) is 0 Å². The Morgan fingerprint density at radius 3 is 2.56 bits per heavy atom. The maximum atomic E-state index is 12.0. The maximum Gasteiger partial charge on any atom is 0.201 e. The number of hydrogen-bond acceptors (Lipinski definition) is 3. The summed E-state index contributed by atoms with van der Waals surface area (Å²) in [5, 5.41) is 3.95. The van der Waals surface area contributed by atoms with Crippen LogP contribution in [0, 0.1) is 0 Å². The number of rotatable bonds is 3. The average molecular weight is 215 g/mol. The average Bonchev–Trinajstić information content (AvgIpc) is 2.75. The standard InChI is InChI=1S/C12H13N3O/c1-15-10(7-8-14-15)12(16)11(13)9-5-3-2-4-6-9/h2-8,11H,13H2,1H3. The van der Waals surface area contributed by atoms with Crippen molar-refractivity contribution in [3.63, 3.8) is 0 Å². The van der Waals surface area contributed by atoms with Crippen LogP contribution >= 0.6 is 0 Å². The summed E-state index contributed by atoms with van der Waals surface area (Å²) in [6.45, 7) is 0. The van der Waals surface area contributed by atoms with Crippen molar-refractivity contribution in [3.05, 3.63) is 53.9 Å². The largest absolute Gasteiger partial charge is 0.317 e. The zero-order chi connectivity index (χ0) is 11.5. The maximum absolute atomic E-state index is 12.0. The van der Waals surface area contributed by atoms with Gasteiger partial charge in [0.05, 0.1) is 6.04 Å². The van der Waals surface area contributed by atoms with E-state index in [1.54, 1.807) is 19.3 Å². The van der Waals surface area contributed by atoms with Crippen LogP contribution in [0.5, 0.6) is 0 Å². The number of Topliss-reactive ketones (excluding diaryl/α,β-unsaturated/α-hetero) is 1. The first-order valence-corrected chi connectivity index (χ1v) is 5.03. The van der Waals surface area contributed by atoms with Gasteiger partial charge < -0.3 is 5.73 Å². The molecule has 4 heteroatoms. The SMILES string of the molecule is Cn1nccc1C(=O)C(N)c1ccccc1. The number of hydrogen-bond donors (Lipinski definition) is 1. The minimum Gasteiger partial charge on any atom is -0.317 e. The number of benzene rings is 1. The molecule has 1 atom stereocenters. The van der Waals surface area contributed by atoms with E-state index >= 15 is 0 Å². The molecule has 0 aliphatic carbocycles. The Morgan fingerprint density at radius 2 is 2.00 bits per heavy atom. The fourth-order valence-electron chi connectivity index (χ4n) is 1.59. The van der Waals surface area contributed by atoms with Gasteiger partial charge in [-0.1, -0.05) is 30.3 Å². The lowest BCUT2D eigenvalue weighted by molar-refractivity contribution is 0.0952. The van der Waals surface area contributed by atoms with Crippen LogP contribution in [-0.2, 0) is 7.05 Å². The lowest BCUT2D eigenvalue weighted by Gasteiger charge is -2.10. The first kappa shape index (κ1) is 10.6. The van der Waals surface area contributed by atoms with Gasteiger partial charge in [-0.25, -0.2) is 0 Å². The molecule has 0 fully saturated rings. The van der Waals surface area contributed by atoms with E-state index in [-0.39, 0.29) is 5.78 Å². The van der Waals surface area contributed by atoms with Crippen LogP contribution in [0.4, 0.5) is 0 Å². The molecule has 16 heavy (non-hydrogen) atoms. The molecule has 82 valence electrons. The van der Waals surface area contributed by atoms with E-state index in [1.807, 2.05) is 30.3 Å². The van der Waals surface area contributed by atoms with Gasteiger partial charge in [-0.2, -0.15) is 5.10 Å². The number of nitrogens with zero attached hydrogens (tertiary/aromatic N) is 2. The Labute approximate surface area is 93.7 Å². The first-order valence-electron chi connectivity index (χ1n) is 5.03. The molecule has 0 bridgehead atoms. The third-order valence-electron chi connectivity index (χ3n) is 2.51. The van der Waals surface area contributed by atoms with Gasteiger partial charge in [-0.15, -0.1) is 0 Å². The fourth-order valence-corrected chi connectivity index (χ4v) is 1.59. The van der Waals surface area contributed by atoms with E-state index in [9.17, 15) is 4.79 Å². The van der Waals surface area contributed by atoms with Crippen LogP contribution in [-0.4, -0.2) is 15.6 Å². The van der Waals surface area contributed by atoms with E-state index in [1.165, 1.54) is 4.68 Å². The number of aromatic nitrogens is 2. The Bertz CT molecular complexity index is 490. The van der Waals surface area contributed by atoms with Gasteiger partial charge in [-0.05, 0) is 11.6 Å². The van der Waals surface area contributed by atoms with Crippen LogP contribution in [0.1, 0.15) is 22.1 Å². The summed E-state index contributed by atoms with van der Waals surface area (Å²) in [4.78, 5) is 12.0. The van der Waals surface area contributed by atoms with Crippen molar-refractivity contribution >= 4 is 5.78 Å². The second-order valence-electron chi connectivity index (χ2n) is 3.59. The molecule has 0 saturated carbocycles. The summed E-state index contributed by atoms with van der Waals surface area (Å²) in [5.74, 6) is -0.119. The monoisotopic (exact) mass is 215 g/mol. The van der Waals surface area contributed by atoms with Crippen LogP contribution in [0.2, 0.25) is 0 Å². The Kier molecular flexibility index (Phi) is 2.83. The summed E-state index contributed by atoms with van der Waals surface area (Å²) in [7, 11) is 1.73. The van der Waals surface area contributed by atoms with Gasteiger partial charge >= 0.3 is 0 Å². The van der Waals surface area contributed by atoms with Crippen molar-refractivity contribution in [2.24, 2.45) is 12.8 Å². The van der Waals surface area contributed by atoms with Crippen molar-refractivity contribution in [2.75, 3.05) is 0 Å². The highest BCUT2D eigenvalue weighted by molar-refractivity contribution is 5.99. The Balaban J connectivity index is 2.27. The number of ketones is 1. The summed E-state index contributed by atoms with van der Waals surface area (Å²) in [6.07, 6.45) is 1.59. The second-order valence-corrected chi connectivity index (χ2v) is 3.59. The fraction of sp³-hybridized carbons (Fsp3) is 0.167. The highest BCUT2D eigenvalue weighted by atomic mass is 16.1. The van der Waals surface area contributed by atoms with Gasteiger partial charge in [0.2, 0.25) is 5.78 Å². The minimum absolute atomic E-state index is 0.119. The van der Waals surface area contributed by atoms with E-state index in [4.69, 9.17) is 5.73 Å². The zero-order valence-electron chi connectivity index (χ0n) is 9.00. The summed E-state index contributed by atoms with van der Waals surface area (Å²) < 4.78 is 1.53. The van der Waals surface area contributed by atoms with Crippen molar-refractivity contribution in [1.29, 1.82) is 0 Å². The van der Waals surface area contributed by atoms with E-state index in [2.05, 4.69) is 5.10 Å². The topological polar surface area (TPSA) is 60.9 Å². The summed E-state index contributed by atoms with van der Waals surface area (Å²) in [5.41, 5.74) is 7.25. The molecule has 0 spiro atoms. The van der Waals surface area contributed by atoms with Gasteiger partial charge in [0, 0.05) is 13.2 Å². The zero-order valence-corrected chi connectivity index (χ0v) is 9.00. The molecule has 2 rings (SSSR count). The van der Waals surface area contributed by atoms with Crippen LogP contribution in [0.15, 0.2) is 42.6 Å². The molecule has 1 unspecified atom stereocenters. The quantitative estimate of drug-likeness (QED) is 0.785. The summed E-state index contributed by atoms with van der Waals surface area (Å²) >= 11 is 0. The van der Waals surface area contributed by atoms with Crippen molar-refractivity contribution in [2.45, 2.75) is 6.04 Å². The molecule has 1 aromatic carbocycles. The third-order valence-corrected chi connectivity index (χ3v) is 2.51. The Hall–Kier alpha value is -1.94. The molecule has 2 aromatic rings. The normalized spacial score (nSPS) is 12.4. The predicted molar refractivity (Wildman–Crippen MR) is 60.9 cm³/mol. The number of nitrogens with two attached hydrogens (primary N) is 1. The third kappa shape index (κ3) is 1.87. The number of carbonyl (C=O) groups is 1. The van der Waals surface area contributed by atoms with Crippen molar-refractivity contribution < 1.29 is 4.79 Å². The molecule has 0 aliphatic rings. The lowest BCUT2D eigenvalue weighted by Crippen LogP contribution is -2.23. The molecule has 2 N–H and O–H groups in total. The van der Waals surface area contributed by atoms with E-state index < -0.39 is 6.04 Å². The molecule has 0 radical (unpaired) electrons. The highest BCUT2D eigenvalue weighted by Gasteiger charge is 2.19. The van der Waals surface area contributed by atoms with Crippen molar-refractivity contribution in [3.8, 4) is 0 Å². The predicted octanol–water partition coefficient (Wildman–Crippen LogP) is 1.30. The smallest absolute Gasteiger partial charge is 0.201 e. The number of carbonyl (C=O) groups excluding carboxylic acids is 1. The molecule has 0 saturated heterocycles. The minimum atomic E-state index is -0.628. The lowest BCUT2D eigenvalue weighted by atomic mass is 10.0. The molecule has 1 heterocycles. The molecular formula is C12H13N3O. The van der Waals surface area contributed by atoms with Gasteiger partial charge in [-0.3, -0.25) is 9.48 Å². The molecular weight excluding hydrogens is 202 g/mol. The summed E-state index contributed by atoms with van der Waals surface area (Å²) in [6, 6.07) is 10.4. The van der Waals surface area contributed by atoms with Crippen LogP contribution in [0.3, 0.4) is 0 Å². The van der Waals surface area contributed by atoms with Gasteiger partial charge in [0.15, 0.2) is 0 Å². The molecule has 0 aliphatic heterocycles. The first-order chi connectivity index (χ1) is 7.70. The Morgan fingerprint density at radius 1 is 1.31 bits per heavy atom. The second kappa shape index (κ2) is 4.28. The van der Waals surface area contributed by atoms with Gasteiger partial charge in [0.1, 0.15) is 5.69 Å². The van der Waals surface area contributed by atoms with Crippen LogP contribution < -0.4 is 5.73 Å². The molecule has 1 aromatic heterocycles. The van der Waals surface area contributed by atoms with Crippen LogP contribution in [0.25, 0.3) is 0 Å². The number of aryl methyl sites for hydroxylation is 1. The molecule has 0 amide bonds. The van der Waals surface area contributed by atoms with E-state index in [0.29, 0.717) is 5.69 Å².